The Hall–Kier alpha value is -3.25. The van der Waals surface area contributed by atoms with Crippen molar-refractivity contribution in [3.05, 3.63) is 76.4 Å². The van der Waals surface area contributed by atoms with Crippen molar-refractivity contribution in [2.24, 2.45) is 7.05 Å². The molecule has 5 rings (SSSR count). The summed E-state index contributed by atoms with van der Waals surface area (Å²) < 4.78 is 3.97. The Morgan fingerprint density at radius 1 is 1.00 bits per heavy atom. The van der Waals surface area contributed by atoms with Crippen LogP contribution < -0.4 is 10.9 Å². The first-order chi connectivity index (χ1) is 14.1. The summed E-state index contributed by atoms with van der Waals surface area (Å²) in [6.07, 6.45) is 7.40. The van der Waals surface area contributed by atoms with Crippen molar-refractivity contribution in [1.29, 1.82) is 0 Å². The van der Waals surface area contributed by atoms with E-state index in [1.165, 1.54) is 22.2 Å². The van der Waals surface area contributed by atoms with Gasteiger partial charge in [0, 0.05) is 61.3 Å². The molecule has 0 radical (unpaired) electrons. The van der Waals surface area contributed by atoms with Gasteiger partial charge in [0.05, 0.1) is 11.2 Å². The van der Waals surface area contributed by atoms with Gasteiger partial charge < -0.3 is 9.88 Å². The number of benzene rings is 1. The second-order valence-corrected chi connectivity index (χ2v) is 7.58. The molecule has 1 aliphatic rings. The minimum atomic E-state index is -0.0672. The molecule has 4 aromatic rings. The maximum absolute atomic E-state index is 12.8. The molecule has 0 amide bonds. The van der Waals surface area contributed by atoms with E-state index in [1.54, 1.807) is 23.0 Å². The van der Waals surface area contributed by atoms with Crippen molar-refractivity contribution in [1.82, 2.24) is 24.4 Å². The van der Waals surface area contributed by atoms with Gasteiger partial charge in [0.25, 0.3) is 5.56 Å². The summed E-state index contributed by atoms with van der Waals surface area (Å²) >= 11 is 0. The number of rotatable bonds is 2. The maximum Gasteiger partial charge on any atom is 0.255 e. The van der Waals surface area contributed by atoms with Crippen molar-refractivity contribution in [3.8, 4) is 16.8 Å². The Morgan fingerprint density at radius 3 is 2.53 bits per heavy atom. The monoisotopic (exact) mass is 401 g/mol. The summed E-state index contributed by atoms with van der Waals surface area (Å²) in [7, 11) is 2.12. The Kier molecular flexibility index (Phi) is 5.26. The van der Waals surface area contributed by atoms with E-state index in [1.807, 2.05) is 25.3 Å². The topological polar surface area (TPSA) is 64.7 Å². The van der Waals surface area contributed by atoms with Crippen LogP contribution in [0.5, 0.6) is 0 Å². The van der Waals surface area contributed by atoms with Crippen LogP contribution in [0.25, 0.3) is 27.7 Å². The average Bonchev–Trinajstić information content (AvgIpc) is 2.89. The lowest BCUT2D eigenvalue weighted by Crippen LogP contribution is -2.17. The predicted molar refractivity (Wildman–Crippen MR) is 121 cm³/mol. The molecule has 3 aromatic heterocycles. The van der Waals surface area contributed by atoms with Gasteiger partial charge in [-0.15, -0.1) is 0 Å². The summed E-state index contributed by atoms with van der Waals surface area (Å²) in [5.41, 5.74) is 6.48. The minimum absolute atomic E-state index is 0. The van der Waals surface area contributed by atoms with Gasteiger partial charge in [-0.2, -0.15) is 0 Å². The van der Waals surface area contributed by atoms with Gasteiger partial charge >= 0.3 is 0 Å². The highest BCUT2D eigenvalue weighted by molar-refractivity contribution is 5.87. The molecule has 0 saturated heterocycles. The molecule has 1 N–H and O–H groups in total. The minimum Gasteiger partial charge on any atom is -0.347 e. The highest BCUT2D eigenvalue weighted by Crippen LogP contribution is 2.29. The molecule has 4 heterocycles. The Balaban J connectivity index is 0.00000218. The first-order valence-electron chi connectivity index (χ1n) is 9.95. The summed E-state index contributed by atoms with van der Waals surface area (Å²) in [5, 5.41) is 4.76. The van der Waals surface area contributed by atoms with Gasteiger partial charge in [-0.1, -0.05) is 13.5 Å². The van der Waals surface area contributed by atoms with E-state index in [9.17, 15) is 4.79 Å². The molecular weight excluding hydrogens is 374 g/mol. The number of pyridine rings is 1. The molecule has 0 atom stereocenters. The van der Waals surface area contributed by atoms with Gasteiger partial charge in [0.2, 0.25) is 0 Å². The summed E-state index contributed by atoms with van der Waals surface area (Å²) in [6.45, 7) is 3.86. The molecule has 0 fully saturated rings. The lowest BCUT2D eigenvalue weighted by Gasteiger charge is -2.09. The second kappa shape index (κ2) is 7.88. The quantitative estimate of drug-likeness (QED) is 0.559. The SMILES string of the molecule is C.Cc1ncc(-c2ccn(-c3ccc4c5c(n(C)c4c3)CCNCC5)c(=O)c2)cn1. The lowest BCUT2D eigenvalue weighted by atomic mass is 10.1. The molecule has 1 aromatic carbocycles. The van der Waals surface area contributed by atoms with Crippen LogP contribution >= 0.6 is 0 Å². The molecule has 0 unspecified atom stereocenters. The first-order valence-corrected chi connectivity index (χ1v) is 9.95. The molecule has 1 aliphatic heterocycles. The van der Waals surface area contributed by atoms with Crippen molar-refractivity contribution in [3.63, 3.8) is 0 Å². The molecule has 0 aliphatic carbocycles. The van der Waals surface area contributed by atoms with Crippen LogP contribution in [0.15, 0.2) is 53.7 Å². The normalized spacial score (nSPS) is 13.5. The van der Waals surface area contributed by atoms with Crippen molar-refractivity contribution < 1.29 is 0 Å². The lowest BCUT2D eigenvalue weighted by molar-refractivity contribution is 0.699. The number of nitrogens with zero attached hydrogens (tertiary/aromatic N) is 4. The number of fused-ring (bicyclic) bond motifs is 3. The van der Waals surface area contributed by atoms with Crippen LogP contribution in [0.4, 0.5) is 0 Å². The number of aryl methyl sites for hydroxylation is 2. The third kappa shape index (κ3) is 3.33. The van der Waals surface area contributed by atoms with Gasteiger partial charge in [0.15, 0.2) is 0 Å². The van der Waals surface area contributed by atoms with E-state index in [4.69, 9.17) is 0 Å². The second-order valence-electron chi connectivity index (χ2n) is 7.58. The van der Waals surface area contributed by atoms with Crippen molar-refractivity contribution >= 4 is 10.9 Å². The number of hydrogen-bond acceptors (Lipinski definition) is 4. The zero-order valence-electron chi connectivity index (χ0n) is 16.6. The third-order valence-corrected chi connectivity index (χ3v) is 5.82. The Bertz CT molecular complexity index is 1270. The molecule has 0 saturated carbocycles. The Morgan fingerprint density at radius 2 is 1.77 bits per heavy atom. The summed E-state index contributed by atoms with van der Waals surface area (Å²) in [5.74, 6) is 0.715. The van der Waals surface area contributed by atoms with Crippen LogP contribution in [-0.2, 0) is 19.9 Å². The van der Waals surface area contributed by atoms with Gasteiger partial charge in [-0.3, -0.25) is 9.36 Å². The molecule has 6 nitrogen and oxygen atoms in total. The fourth-order valence-electron chi connectivity index (χ4n) is 4.26. The van der Waals surface area contributed by atoms with Crippen LogP contribution in [0.3, 0.4) is 0 Å². The van der Waals surface area contributed by atoms with E-state index < -0.39 is 0 Å². The largest absolute Gasteiger partial charge is 0.347 e. The number of nitrogens with one attached hydrogen (secondary N) is 1. The number of hydrogen-bond donors (Lipinski definition) is 1. The standard InChI is InChI=1S/C23H23N5O.CH4/c1-15-25-13-17(14-26-15)16-7-10-28(23(29)11-16)18-3-4-19-20-5-8-24-9-6-21(20)27(2)22(19)12-18;/h3-4,7,10-14,24H,5-6,8-9H2,1-2H3;1H4. The van der Waals surface area contributed by atoms with Crippen molar-refractivity contribution in [2.75, 3.05) is 13.1 Å². The van der Waals surface area contributed by atoms with Gasteiger partial charge in [-0.05, 0) is 49.2 Å². The highest BCUT2D eigenvalue weighted by atomic mass is 16.1. The van der Waals surface area contributed by atoms with Crippen molar-refractivity contribution in [2.45, 2.75) is 27.2 Å². The third-order valence-electron chi connectivity index (χ3n) is 5.82. The van der Waals surface area contributed by atoms with E-state index in [-0.39, 0.29) is 13.0 Å². The van der Waals surface area contributed by atoms with E-state index >= 15 is 0 Å². The molecule has 6 heteroatoms. The summed E-state index contributed by atoms with van der Waals surface area (Å²) in [4.78, 5) is 21.3. The van der Waals surface area contributed by atoms with Crippen LogP contribution in [0.2, 0.25) is 0 Å². The average molecular weight is 402 g/mol. The molecule has 154 valence electrons. The molecule has 30 heavy (non-hydrogen) atoms. The maximum atomic E-state index is 12.8. The van der Waals surface area contributed by atoms with E-state index in [2.05, 4.69) is 39.0 Å². The van der Waals surface area contributed by atoms with E-state index in [0.29, 0.717) is 5.82 Å². The fourth-order valence-corrected chi connectivity index (χ4v) is 4.26. The Labute approximate surface area is 176 Å². The molecule has 0 bridgehead atoms. The zero-order chi connectivity index (χ0) is 20.0. The van der Waals surface area contributed by atoms with Crippen LogP contribution in [0.1, 0.15) is 24.5 Å². The fraction of sp³-hybridized carbons (Fsp3) is 0.292. The van der Waals surface area contributed by atoms with Gasteiger partial charge in [0.1, 0.15) is 5.82 Å². The van der Waals surface area contributed by atoms with Gasteiger partial charge in [-0.25, -0.2) is 9.97 Å². The zero-order valence-corrected chi connectivity index (χ0v) is 16.6. The van der Waals surface area contributed by atoms with Crippen LogP contribution in [0, 0.1) is 6.92 Å². The first kappa shape index (κ1) is 20.0. The van der Waals surface area contributed by atoms with Crippen LogP contribution in [-0.4, -0.2) is 32.2 Å². The highest BCUT2D eigenvalue weighted by Gasteiger charge is 2.17. The smallest absolute Gasteiger partial charge is 0.255 e. The summed E-state index contributed by atoms with van der Waals surface area (Å²) in [6, 6.07) is 9.89. The molecule has 0 spiro atoms. The number of aromatic nitrogens is 4. The molecular formula is C24H27N5O. The van der Waals surface area contributed by atoms with E-state index in [0.717, 1.165) is 42.7 Å². The predicted octanol–water partition coefficient (Wildman–Crippen LogP) is 3.42.